The summed E-state index contributed by atoms with van der Waals surface area (Å²) in [7, 11) is 0.945. The van der Waals surface area contributed by atoms with Crippen LogP contribution in [0.4, 0.5) is 0 Å². The van der Waals surface area contributed by atoms with Crippen molar-refractivity contribution in [2.24, 2.45) is 5.92 Å². The molecule has 1 aromatic carbocycles. The van der Waals surface area contributed by atoms with Gasteiger partial charge in [0.15, 0.2) is 5.78 Å². The van der Waals surface area contributed by atoms with Gasteiger partial charge in [-0.1, -0.05) is 6.42 Å². The van der Waals surface area contributed by atoms with Crippen molar-refractivity contribution < 1.29 is 13.7 Å². The Morgan fingerprint density at radius 2 is 1.68 bits per heavy atom. The van der Waals surface area contributed by atoms with Crippen LogP contribution in [0.15, 0.2) is 12.1 Å². The number of aryl methyl sites for hydroxylation is 2. The van der Waals surface area contributed by atoms with Gasteiger partial charge in [0.1, 0.15) is 5.75 Å². The van der Waals surface area contributed by atoms with Gasteiger partial charge < -0.3 is 4.74 Å². The average Bonchev–Trinajstić information content (AvgIpc) is 2.46. The summed E-state index contributed by atoms with van der Waals surface area (Å²) in [6.07, 6.45) is 4.81. The fourth-order valence-electron chi connectivity index (χ4n) is 4.10. The lowest BCUT2D eigenvalue weighted by Gasteiger charge is -2.37. The fraction of sp³-hybridized carbons (Fsp3) is 0.611. The third-order valence-electron chi connectivity index (χ3n) is 5.12. The average molecular weight is 320 g/mol. The number of ketones is 1. The second-order valence-electron chi connectivity index (χ2n) is 6.68. The van der Waals surface area contributed by atoms with Gasteiger partial charge >= 0.3 is 0 Å². The number of fused-ring (bicyclic) bond motifs is 2. The van der Waals surface area contributed by atoms with Crippen LogP contribution in [0.2, 0.25) is 0 Å². The van der Waals surface area contributed by atoms with Crippen LogP contribution in [0.1, 0.15) is 53.6 Å². The summed E-state index contributed by atoms with van der Waals surface area (Å²) in [5.41, 5.74) is 2.79. The number of carbonyl (C=O) groups is 1. The minimum absolute atomic E-state index is 0.0418. The molecule has 22 heavy (non-hydrogen) atoms. The summed E-state index contributed by atoms with van der Waals surface area (Å²) >= 11 is 0. The van der Waals surface area contributed by atoms with Gasteiger partial charge in [0.2, 0.25) is 0 Å². The largest absolute Gasteiger partial charge is 0.496 e. The van der Waals surface area contributed by atoms with Gasteiger partial charge in [0.05, 0.1) is 7.11 Å². The van der Waals surface area contributed by atoms with E-state index < -0.39 is 10.8 Å². The summed E-state index contributed by atoms with van der Waals surface area (Å²) in [5, 5.41) is 0.476. The number of carbonyl (C=O) groups excluding carboxylic acids is 1. The second-order valence-corrected chi connectivity index (χ2v) is 8.67. The molecule has 0 radical (unpaired) electrons. The molecule has 2 aliphatic rings. The van der Waals surface area contributed by atoms with Gasteiger partial charge in [-0.3, -0.25) is 9.00 Å². The minimum atomic E-state index is -0.716. The molecule has 0 aromatic heterocycles. The molecular formula is C18H24O3S. The van der Waals surface area contributed by atoms with E-state index in [1.807, 2.05) is 26.0 Å². The maximum Gasteiger partial charge on any atom is 0.166 e. The molecule has 3 nitrogen and oxygen atoms in total. The molecule has 2 aliphatic heterocycles. The lowest BCUT2D eigenvalue weighted by Crippen LogP contribution is -2.41. The molecule has 2 bridgehead atoms. The van der Waals surface area contributed by atoms with E-state index in [4.69, 9.17) is 4.74 Å². The quantitative estimate of drug-likeness (QED) is 0.800. The predicted molar refractivity (Wildman–Crippen MR) is 89.1 cm³/mol. The molecule has 1 aromatic rings. The number of ether oxygens (including phenoxy) is 1. The van der Waals surface area contributed by atoms with Crippen LogP contribution in [0.5, 0.6) is 5.75 Å². The molecule has 4 heteroatoms. The molecule has 2 atom stereocenters. The molecule has 0 spiro atoms. The third-order valence-corrected chi connectivity index (χ3v) is 7.29. The highest BCUT2D eigenvalue weighted by Gasteiger charge is 2.40. The maximum atomic E-state index is 12.9. The van der Waals surface area contributed by atoms with Crippen molar-refractivity contribution in [1.29, 1.82) is 0 Å². The van der Waals surface area contributed by atoms with Crippen LogP contribution < -0.4 is 4.74 Å². The molecule has 2 saturated heterocycles. The summed E-state index contributed by atoms with van der Waals surface area (Å²) in [4.78, 5) is 12.9. The molecule has 2 fully saturated rings. The lowest BCUT2D eigenvalue weighted by molar-refractivity contribution is 0.0895. The van der Waals surface area contributed by atoms with Crippen LogP contribution in [0, 0.1) is 19.8 Å². The smallest absolute Gasteiger partial charge is 0.166 e. The molecule has 0 aliphatic carbocycles. The highest BCUT2D eigenvalue weighted by Crippen LogP contribution is 2.38. The van der Waals surface area contributed by atoms with E-state index in [9.17, 15) is 9.00 Å². The zero-order valence-corrected chi connectivity index (χ0v) is 14.4. The summed E-state index contributed by atoms with van der Waals surface area (Å²) in [5.74, 6) is 1.13. The second kappa shape index (κ2) is 6.15. The first kappa shape index (κ1) is 15.7. The molecule has 0 N–H and O–H groups in total. The van der Waals surface area contributed by atoms with Crippen molar-refractivity contribution >= 4 is 16.6 Å². The van der Waals surface area contributed by atoms with E-state index in [1.54, 1.807) is 7.11 Å². The Morgan fingerprint density at radius 3 is 2.18 bits per heavy atom. The summed E-state index contributed by atoms with van der Waals surface area (Å²) in [6.45, 7) is 3.96. The van der Waals surface area contributed by atoms with Crippen molar-refractivity contribution in [3.63, 3.8) is 0 Å². The number of hydrogen-bond donors (Lipinski definition) is 0. The Balaban J connectivity index is 1.84. The molecule has 2 heterocycles. The first-order chi connectivity index (χ1) is 10.5. The monoisotopic (exact) mass is 320 g/mol. The highest BCUT2D eigenvalue weighted by atomic mass is 32.2. The van der Waals surface area contributed by atoms with Gasteiger partial charge in [-0.25, -0.2) is 0 Å². The van der Waals surface area contributed by atoms with Crippen molar-refractivity contribution in [3.05, 3.63) is 28.8 Å². The predicted octanol–water partition coefficient (Wildman–Crippen LogP) is 3.57. The van der Waals surface area contributed by atoms with Gasteiger partial charge in [0, 0.05) is 32.8 Å². The molecule has 120 valence electrons. The molecule has 2 unspecified atom stereocenters. The molecule has 3 rings (SSSR count). The zero-order valence-electron chi connectivity index (χ0n) is 13.6. The highest BCUT2D eigenvalue weighted by molar-refractivity contribution is 7.86. The van der Waals surface area contributed by atoms with E-state index >= 15 is 0 Å². The number of benzene rings is 1. The Kier molecular flexibility index (Phi) is 4.40. The van der Waals surface area contributed by atoms with Crippen LogP contribution in [-0.4, -0.2) is 27.6 Å². The van der Waals surface area contributed by atoms with Crippen molar-refractivity contribution in [2.75, 3.05) is 7.11 Å². The normalized spacial score (nSPS) is 30.9. The van der Waals surface area contributed by atoms with E-state index in [0.717, 1.165) is 48.1 Å². The van der Waals surface area contributed by atoms with Crippen LogP contribution >= 0.6 is 0 Å². The lowest BCUT2D eigenvalue weighted by atomic mass is 9.84. The van der Waals surface area contributed by atoms with E-state index in [2.05, 4.69) is 0 Å². The Morgan fingerprint density at radius 1 is 1.14 bits per heavy atom. The first-order valence-electron chi connectivity index (χ1n) is 8.10. The molecule has 0 saturated carbocycles. The molecular weight excluding hydrogens is 296 g/mol. The van der Waals surface area contributed by atoms with Gasteiger partial charge in [0.25, 0.3) is 0 Å². The van der Waals surface area contributed by atoms with Crippen LogP contribution in [-0.2, 0) is 10.8 Å². The van der Waals surface area contributed by atoms with E-state index in [-0.39, 0.29) is 22.2 Å². The fourth-order valence-corrected chi connectivity index (χ4v) is 6.28. The standard InChI is InChI=1S/C18H24O3S/c1-11-7-13(8-12(2)18(11)21-3)17(19)14-9-15-5-4-6-16(10-14)22(15)20/h7-8,14-16H,4-6,9-10H2,1-3H3. The Hall–Kier alpha value is -1.16. The van der Waals surface area contributed by atoms with E-state index in [0.29, 0.717) is 0 Å². The topological polar surface area (TPSA) is 43.4 Å². The number of methoxy groups -OCH3 is 1. The summed E-state index contributed by atoms with van der Waals surface area (Å²) < 4.78 is 17.7. The Labute approximate surface area is 134 Å². The van der Waals surface area contributed by atoms with Crippen molar-refractivity contribution in [3.8, 4) is 5.75 Å². The Bertz CT molecular complexity index is 584. The number of Topliss-reactive ketones (excluding diaryl/α,β-unsaturated/α-hetero) is 1. The third kappa shape index (κ3) is 2.73. The van der Waals surface area contributed by atoms with E-state index in [1.165, 1.54) is 6.42 Å². The first-order valence-corrected chi connectivity index (χ1v) is 9.37. The maximum absolute atomic E-state index is 12.9. The number of rotatable bonds is 3. The minimum Gasteiger partial charge on any atom is -0.496 e. The van der Waals surface area contributed by atoms with Crippen molar-refractivity contribution in [1.82, 2.24) is 0 Å². The molecule has 0 amide bonds. The zero-order chi connectivity index (χ0) is 15.9. The van der Waals surface area contributed by atoms with Crippen molar-refractivity contribution in [2.45, 2.75) is 56.5 Å². The number of hydrogen-bond acceptors (Lipinski definition) is 3. The van der Waals surface area contributed by atoms with Crippen LogP contribution in [0.3, 0.4) is 0 Å². The van der Waals surface area contributed by atoms with Gasteiger partial charge in [-0.15, -0.1) is 0 Å². The summed E-state index contributed by atoms with van der Waals surface area (Å²) in [6, 6.07) is 3.88. The SMILES string of the molecule is COc1c(C)cc(C(=O)C2CC3CCCC(C2)S3=O)cc1C. The van der Waals surface area contributed by atoms with Gasteiger partial charge in [-0.05, 0) is 62.8 Å². The van der Waals surface area contributed by atoms with Crippen LogP contribution in [0.25, 0.3) is 0 Å². The van der Waals surface area contributed by atoms with Gasteiger partial charge in [-0.2, -0.15) is 0 Å².